The maximum atomic E-state index is 13.2. The summed E-state index contributed by atoms with van der Waals surface area (Å²) >= 11 is 13.5. The van der Waals surface area contributed by atoms with Crippen molar-refractivity contribution in [3.63, 3.8) is 0 Å². The van der Waals surface area contributed by atoms with Crippen LogP contribution in [0.3, 0.4) is 0 Å². The van der Waals surface area contributed by atoms with Crippen molar-refractivity contribution < 1.29 is 9.59 Å². The summed E-state index contributed by atoms with van der Waals surface area (Å²) in [6.45, 7) is 3.20. The van der Waals surface area contributed by atoms with Crippen LogP contribution in [0.25, 0.3) is 0 Å². The summed E-state index contributed by atoms with van der Waals surface area (Å²) < 4.78 is 0. The number of thiophene rings is 1. The number of amides is 2. The third kappa shape index (κ3) is 4.48. The number of alkyl halides is 1. The summed E-state index contributed by atoms with van der Waals surface area (Å²) in [7, 11) is 0. The zero-order valence-electron chi connectivity index (χ0n) is 15.2. The van der Waals surface area contributed by atoms with E-state index in [1.54, 1.807) is 16.2 Å². The molecule has 1 atom stereocenters. The van der Waals surface area contributed by atoms with E-state index in [0.29, 0.717) is 18.1 Å². The van der Waals surface area contributed by atoms with E-state index in [9.17, 15) is 9.59 Å². The minimum absolute atomic E-state index is 0.0567. The molecule has 1 aromatic heterocycles. The van der Waals surface area contributed by atoms with Crippen LogP contribution in [-0.4, -0.2) is 47.1 Å². The van der Waals surface area contributed by atoms with Crippen LogP contribution < -0.4 is 0 Å². The normalized spacial score (nSPS) is 16.1. The molecule has 1 unspecified atom stereocenters. The molecule has 0 saturated heterocycles. The summed E-state index contributed by atoms with van der Waals surface area (Å²) in [5.74, 6) is -0.371. The van der Waals surface area contributed by atoms with Gasteiger partial charge in [0.15, 0.2) is 0 Å². The molecule has 144 valence electrons. The van der Waals surface area contributed by atoms with Crippen LogP contribution in [0.2, 0.25) is 5.02 Å². The molecule has 0 radical (unpaired) electrons. The first-order valence-corrected chi connectivity index (χ1v) is 10.8. The van der Waals surface area contributed by atoms with Crippen LogP contribution >= 0.6 is 34.5 Å². The smallest absolute Gasteiger partial charge is 0.242 e. The number of rotatable bonds is 6. The van der Waals surface area contributed by atoms with E-state index in [0.717, 1.165) is 24.0 Å². The SMILES string of the molecule is CCCN(CC(=O)N1CCc2sccc2C1c1ccc(Cl)cc1)C(=O)CCl. The van der Waals surface area contributed by atoms with E-state index in [4.69, 9.17) is 23.2 Å². The molecule has 4 nitrogen and oxygen atoms in total. The number of hydrogen-bond acceptors (Lipinski definition) is 3. The molecule has 0 spiro atoms. The molecule has 2 heterocycles. The molecule has 7 heteroatoms. The summed E-state index contributed by atoms with van der Waals surface area (Å²) in [4.78, 5) is 30.0. The van der Waals surface area contributed by atoms with Gasteiger partial charge in [-0.1, -0.05) is 30.7 Å². The van der Waals surface area contributed by atoms with Crippen molar-refractivity contribution in [1.82, 2.24) is 9.80 Å². The molecule has 0 fully saturated rings. The Kier molecular flexibility index (Phi) is 6.79. The van der Waals surface area contributed by atoms with E-state index in [2.05, 4.69) is 11.4 Å². The van der Waals surface area contributed by atoms with Crippen molar-refractivity contribution >= 4 is 46.4 Å². The van der Waals surface area contributed by atoms with Crippen molar-refractivity contribution in [2.24, 2.45) is 0 Å². The zero-order valence-corrected chi connectivity index (χ0v) is 17.5. The average molecular weight is 425 g/mol. The predicted octanol–water partition coefficient (Wildman–Crippen LogP) is 4.35. The largest absolute Gasteiger partial charge is 0.332 e. The second kappa shape index (κ2) is 9.09. The number of carbonyl (C=O) groups is 2. The van der Waals surface area contributed by atoms with Gasteiger partial charge in [0.1, 0.15) is 5.88 Å². The van der Waals surface area contributed by atoms with Gasteiger partial charge in [-0.3, -0.25) is 9.59 Å². The molecule has 2 amide bonds. The van der Waals surface area contributed by atoms with Gasteiger partial charge in [0.25, 0.3) is 0 Å². The fourth-order valence-electron chi connectivity index (χ4n) is 3.49. The van der Waals surface area contributed by atoms with Gasteiger partial charge in [-0.05, 0) is 47.5 Å². The Bertz CT molecular complexity index is 807. The van der Waals surface area contributed by atoms with Gasteiger partial charge >= 0.3 is 0 Å². The van der Waals surface area contributed by atoms with Crippen molar-refractivity contribution in [1.29, 1.82) is 0 Å². The highest BCUT2D eigenvalue weighted by Crippen LogP contribution is 2.38. The minimum Gasteiger partial charge on any atom is -0.332 e. The van der Waals surface area contributed by atoms with Gasteiger partial charge in [-0.15, -0.1) is 22.9 Å². The molecule has 0 saturated carbocycles. The summed E-state index contributed by atoms with van der Waals surface area (Å²) in [6.07, 6.45) is 1.62. The highest BCUT2D eigenvalue weighted by Gasteiger charge is 2.33. The molecule has 1 aliphatic rings. The molecule has 3 rings (SSSR count). The lowest BCUT2D eigenvalue weighted by atomic mass is 9.93. The van der Waals surface area contributed by atoms with Crippen LogP contribution in [0.1, 0.15) is 35.4 Å². The standard InChI is InChI=1S/C20H22Cl2N2O2S/c1-2-9-23(18(25)12-21)13-19(26)24-10-7-17-16(8-11-27-17)20(24)14-3-5-15(22)6-4-14/h3-6,8,11,20H,2,7,9-10,12-13H2,1H3. The maximum absolute atomic E-state index is 13.2. The Labute approximate surface area is 173 Å². The Morgan fingerprint density at radius 1 is 1.26 bits per heavy atom. The van der Waals surface area contributed by atoms with Gasteiger partial charge < -0.3 is 9.80 Å². The Hall–Kier alpha value is -1.56. The highest BCUT2D eigenvalue weighted by atomic mass is 35.5. The summed E-state index contributed by atoms with van der Waals surface area (Å²) in [6, 6.07) is 9.56. The molecule has 2 aromatic rings. The third-order valence-electron chi connectivity index (χ3n) is 4.76. The van der Waals surface area contributed by atoms with E-state index >= 15 is 0 Å². The fraction of sp³-hybridized carbons (Fsp3) is 0.400. The third-order valence-corrected chi connectivity index (χ3v) is 6.24. The lowest BCUT2D eigenvalue weighted by Crippen LogP contribution is -2.47. The molecule has 1 aromatic carbocycles. The second-order valence-electron chi connectivity index (χ2n) is 6.54. The van der Waals surface area contributed by atoms with E-state index in [-0.39, 0.29) is 30.3 Å². The van der Waals surface area contributed by atoms with E-state index < -0.39 is 0 Å². The molecule has 1 aliphatic heterocycles. The van der Waals surface area contributed by atoms with Crippen LogP contribution in [0.15, 0.2) is 35.7 Å². The van der Waals surface area contributed by atoms with E-state index in [1.807, 2.05) is 36.1 Å². The Balaban J connectivity index is 1.89. The molecule has 27 heavy (non-hydrogen) atoms. The quantitative estimate of drug-likeness (QED) is 0.646. The van der Waals surface area contributed by atoms with Gasteiger partial charge in [-0.2, -0.15) is 0 Å². The molecular formula is C20H22Cl2N2O2S. The van der Waals surface area contributed by atoms with Gasteiger partial charge in [0.05, 0.1) is 12.6 Å². The van der Waals surface area contributed by atoms with E-state index in [1.165, 1.54) is 4.88 Å². The maximum Gasteiger partial charge on any atom is 0.242 e. The van der Waals surface area contributed by atoms with Crippen molar-refractivity contribution in [2.45, 2.75) is 25.8 Å². The second-order valence-corrected chi connectivity index (χ2v) is 8.24. The van der Waals surface area contributed by atoms with Gasteiger partial charge in [0.2, 0.25) is 11.8 Å². The van der Waals surface area contributed by atoms with Crippen LogP contribution in [-0.2, 0) is 16.0 Å². The molecule has 0 N–H and O–H groups in total. The first-order valence-electron chi connectivity index (χ1n) is 9.00. The Morgan fingerprint density at radius 3 is 2.67 bits per heavy atom. The topological polar surface area (TPSA) is 40.6 Å². The first-order chi connectivity index (χ1) is 13.0. The Morgan fingerprint density at radius 2 is 2.00 bits per heavy atom. The van der Waals surface area contributed by atoms with Crippen LogP contribution in [0, 0.1) is 0 Å². The minimum atomic E-state index is -0.205. The monoisotopic (exact) mass is 424 g/mol. The highest BCUT2D eigenvalue weighted by molar-refractivity contribution is 7.10. The number of benzene rings is 1. The predicted molar refractivity (Wildman–Crippen MR) is 111 cm³/mol. The number of nitrogens with zero attached hydrogens (tertiary/aromatic N) is 2. The van der Waals surface area contributed by atoms with Crippen molar-refractivity contribution in [3.05, 3.63) is 56.7 Å². The van der Waals surface area contributed by atoms with Crippen molar-refractivity contribution in [3.8, 4) is 0 Å². The zero-order chi connectivity index (χ0) is 19.4. The fourth-order valence-corrected chi connectivity index (χ4v) is 4.69. The van der Waals surface area contributed by atoms with Gasteiger partial charge in [-0.25, -0.2) is 0 Å². The van der Waals surface area contributed by atoms with Gasteiger partial charge in [0, 0.05) is 23.0 Å². The number of fused-ring (bicyclic) bond motifs is 1. The lowest BCUT2D eigenvalue weighted by molar-refractivity contribution is -0.140. The van der Waals surface area contributed by atoms with Crippen LogP contribution in [0.4, 0.5) is 0 Å². The lowest BCUT2D eigenvalue weighted by Gasteiger charge is -2.37. The van der Waals surface area contributed by atoms with Crippen LogP contribution in [0.5, 0.6) is 0 Å². The number of carbonyl (C=O) groups excluding carboxylic acids is 2. The summed E-state index contributed by atoms with van der Waals surface area (Å²) in [5.41, 5.74) is 2.19. The molecular weight excluding hydrogens is 403 g/mol. The molecule has 0 aliphatic carbocycles. The summed E-state index contributed by atoms with van der Waals surface area (Å²) in [5, 5.41) is 2.74. The first kappa shape index (κ1) is 20.2. The number of halogens is 2. The number of hydrogen-bond donors (Lipinski definition) is 0. The van der Waals surface area contributed by atoms with Crippen molar-refractivity contribution in [2.75, 3.05) is 25.5 Å². The molecule has 0 bridgehead atoms. The average Bonchev–Trinajstić information content (AvgIpc) is 3.15.